The average Bonchev–Trinajstić information content (AvgIpc) is 3.68. The second-order valence-electron chi connectivity index (χ2n) is 14.6. The Morgan fingerprint density at radius 1 is 0.846 bits per heavy atom. The number of piperidine rings is 1. The van der Waals surface area contributed by atoms with Crippen LogP contribution in [0.25, 0.3) is 10.9 Å². The van der Waals surface area contributed by atoms with Crippen molar-refractivity contribution in [2.45, 2.75) is 59.2 Å². The molecule has 1 saturated carbocycles. The molecule has 2 atom stereocenters. The summed E-state index contributed by atoms with van der Waals surface area (Å²) in [6.07, 6.45) is 2.26. The van der Waals surface area contributed by atoms with Crippen molar-refractivity contribution >= 4 is 40.2 Å². The van der Waals surface area contributed by atoms with E-state index < -0.39 is 40.4 Å². The van der Waals surface area contributed by atoms with E-state index >= 15 is 4.39 Å². The van der Waals surface area contributed by atoms with Crippen molar-refractivity contribution in [2.24, 2.45) is 17.3 Å². The fourth-order valence-electron chi connectivity index (χ4n) is 6.50. The van der Waals surface area contributed by atoms with Crippen LogP contribution < -0.4 is 24.8 Å². The molecule has 1 aliphatic heterocycles. The summed E-state index contributed by atoms with van der Waals surface area (Å²) >= 11 is 0. The zero-order chi connectivity index (χ0) is 37.4. The Morgan fingerprint density at radius 2 is 1.48 bits per heavy atom. The van der Waals surface area contributed by atoms with Crippen molar-refractivity contribution in [2.75, 3.05) is 30.8 Å². The van der Waals surface area contributed by atoms with E-state index in [0.717, 1.165) is 6.07 Å². The van der Waals surface area contributed by atoms with Crippen LogP contribution >= 0.6 is 0 Å². The van der Waals surface area contributed by atoms with Crippen LogP contribution in [0.4, 0.5) is 25.0 Å². The number of likely N-dealkylation sites (tertiary alicyclic amines) is 1. The normalized spacial score (nSPS) is 18.3. The van der Waals surface area contributed by atoms with Crippen LogP contribution in [0.3, 0.4) is 0 Å². The van der Waals surface area contributed by atoms with Crippen LogP contribution in [0.5, 0.6) is 23.0 Å². The molecular weight excluding hydrogens is 674 g/mol. The van der Waals surface area contributed by atoms with Crippen LogP contribution in [0, 0.1) is 28.9 Å². The number of hydrogen-bond donors (Lipinski definition) is 2. The summed E-state index contributed by atoms with van der Waals surface area (Å²) in [6.45, 7) is 10.1. The van der Waals surface area contributed by atoms with Gasteiger partial charge in [-0.3, -0.25) is 14.6 Å². The number of pyridine rings is 1. The molecule has 1 saturated heterocycles. The van der Waals surface area contributed by atoms with E-state index in [2.05, 4.69) is 15.6 Å². The van der Waals surface area contributed by atoms with Gasteiger partial charge < -0.3 is 34.5 Å². The van der Waals surface area contributed by atoms with Gasteiger partial charge in [0.2, 0.25) is 11.8 Å². The Bertz CT molecular complexity index is 2000. The highest BCUT2D eigenvalue weighted by Gasteiger charge is 2.65. The number of amides is 3. The first kappa shape index (κ1) is 36.3. The van der Waals surface area contributed by atoms with Crippen LogP contribution in [0.15, 0.2) is 66.9 Å². The standard InChI is InChI=1S/C39H42F2N4O7.2H2/c1-38(2,3)52-37(48)45-17-14-25(15-18-45)50-32-21-28-26(20-31(32)49-6)29(13-16-42-28)51-30-12-11-24(19-27(30)41)44-36(47)34-33(39(34,4)5)35(46)43-23-9-7-22(40)8-10-23;;/h7-13,16,19-21,25,33-34H,14-15,17-18H2,1-6H3,(H,43,46)(H,44,47);2*1H/t33-,34+;;/m0../s1. The maximum absolute atomic E-state index is 15.4. The zero-order valence-corrected chi connectivity index (χ0v) is 29.9. The van der Waals surface area contributed by atoms with Gasteiger partial charge in [-0.2, -0.15) is 0 Å². The highest BCUT2D eigenvalue weighted by Crippen LogP contribution is 2.59. The third-order valence-electron chi connectivity index (χ3n) is 9.30. The third kappa shape index (κ3) is 8.03. The van der Waals surface area contributed by atoms with E-state index in [-0.39, 0.29) is 32.4 Å². The quantitative estimate of drug-likeness (QED) is 0.176. The topological polar surface area (TPSA) is 128 Å². The molecule has 3 amide bonds. The summed E-state index contributed by atoms with van der Waals surface area (Å²) in [5, 5.41) is 6.01. The number of methoxy groups -OCH3 is 1. The van der Waals surface area contributed by atoms with Crippen LogP contribution in [-0.2, 0) is 14.3 Å². The third-order valence-corrected chi connectivity index (χ3v) is 9.30. The van der Waals surface area contributed by atoms with E-state index in [1.807, 2.05) is 34.6 Å². The van der Waals surface area contributed by atoms with Crippen LogP contribution in [0.1, 0.15) is 50.3 Å². The molecule has 1 aliphatic carbocycles. The van der Waals surface area contributed by atoms with Gasteiger partial charge >= 0.3 is 6.09 Å². The predicted octanol–water partition coefficient (Wildman–Crippen LogP) is 8.43. The maximum atomic E-state index is 15.4. The number of halogens is 2. The molecule has 2 fully saturated rings. The second-order valence-corrected chi connectivity index (χ2v) is 14.6. The molecule has 0 bridgehead atoms. The number of nitrogens with one attached hydrogen (secondary N) is 2. The van der Waals surface area contributed by atoms with Gasteiger partial charge in [0.25, 0.3) is 0 Å². The van der Waals surface area contributed by atoms with Gasteiger partial charge in [0, 0.05) is 63.9 Å². The Labute approximate surface area is 303 Å². The monoisotopic (exact) mass is 720 g/mol. The molecule has 4 aromatic rings. The minimum Gasteiger partial charge on any atom is -0.493 e. The highest BCUT2D eigenvalue weighted by molar-refractivity contribution is 6.04. The smallest absolute Gasteiger partial charge is 0.410 e. The average molecular weight is 721 g/mol. The lowest BCUT2D eigenvalue weighted by Crippen LogP contribution is -2.44. The SMILES string of the molecule is COc1cc2c(Oc3ccc(NC(=O)[C@H]4[C@@H](C(=O)Nc5ccc(F)cc5)C4(C)C)cc3F)ccnc2cc1OC1CCN(C(=O)OC(C)(C)C)CC1.[HH].[HH]. The predicted molar refractivity (Wildman–Crippen MR) is 195 cm³/mol. The highest BCUT2D eigenvalue weighted by atomic mass is 19.1. The maximum Gasteiger partial charge on any atom is 0.410 e. The molecule has 52 heavy (non-hydrogen) atoms. The van der Waals surface area contributed by atoms with E-state index in [9.17, 15) is 18.8 Å². The van der Waals surface area contributed by atoms with Crippen LogP contribution in [-0.4, -0.2) is 59.7 Å². The number of nitrogens with zero attached hydrogens (tertiary/aromatic N) is 2. The molecule has 0 unspecified atom stereocenters. The van der Waals surface area contributed by atoms with Gasteiger partial charge in [0.1, 0.15) is 23.3 Å². The lowest BCUT2D eigenvalue weighted by molar-refractivity contribution is -0.122. The molecule has 6 rings (SSSR count). The van der Waals surface area contributed by atoms with E-state index in [1.54, 1.807) is 29.3 Å². The summed E-state index contributed by atoms with van der Waals surface area (Å²) in [5.41, 5.74) is -0.0396. The van der Waals surface area contributed by atoms with Crippen molar-refractivity contribution in [1.29, 1.82) is 0 Å². The minimum atomic E-state index is -0.715. The molecule has 1 aromatic heterocycles. The van der Waals surface area contributed by atoms with Crippen molar-refractivity contribution in [3.63, 3.8) is 0 Å². The number of hydrogen-bond acceptors (Lipinski definition) is 8. The van der Waals surface area contributed by atoms with Gasteiger partial charge in [0.15, 0.2) is 23.1 Å². The molecular formula is C39H46F2N4O7. The van der Waals surface area contributed by atoms with Crippen molar-refractivity contribution < 1.29 is 45.0 Å². The summed E-state index contributed by atoms with van der Waals surface area (Å²) in [5.74, 6) is -2.02. The number of anilines is 2. The van der Waals surface area contributed by atoms with Gasteiger partial charge in [-0.1, -0.05) is 13.8 Å². The molecule has 11 nitrogen and oxygen atoms in total. The molecule has 2 heterocycles. The lowest BCUT2D eigenvalue weighted by atomic mass is 10.1. The summed E-state index contributed by atoms with van der Waals surface area (Å²) in [4.78, 5) is 44.7. The molecule has 2 N–H and O–H groups in total. The Hall–Kier alpha value is -5.46. The summed E-state index contributed by atoms with van der Waals surface area (Å²) in [7, 11) is 1.52. The summed E-state index contributed by atoms with van der Waals surface area (Å²) < 4.78 is 52.1. The van der Waals surface area contributed by atoms with Gasteiger partial charge in [-0.25, -0.2) is 13.6 Å². The van der Waals surface area contributed by atoms with Gasteiger partial charge in [-0.15, -0.1) is 0 Å². The Balaban J connectivity index is 0.00000325. The number of fused-ring (bicyclic) bond motifs is 1. The number of ether oxygens (including phenoxy) is 4. The fourth-order valence-corrected chi connectivity index (χ4v) is 6.50. The minimum absolute atomic E-state index is 0. The second kappa shape index (κ2) is 14.3. The van der Waals surface area contributed by atoms with Crippen molar-refractivity contribution in [1.82, 2.24) is 9.88 Å². The van der Waals surface area contributed by atoms with E-state index in [0.29, 0.717) is 59.8 Å². The zero-order valence-electron chi connectivity index (χ0n) is 29.9. The van der Waals surface area contributed by atoms with Crippen molar-refractivity contribution in [3.8, 4) is 23.0 Å². The molecule has 0 spiro atoms. The molecule has 278 valence electrons. The lowest BCUT2D eigenvalue weighted by Gasteiger charge is -2.33. The van der Waals surface area contributed by atoms with E-state index in [4.69, 9.17) is 18.9 Å². The van der Waals surface area contributed by atoms with Gasteiger partial charge in [-0.05, 0) is 74.7 Å². The number of carbonyl (C=O) groups excluding carboxylic acids is 3. The first-order chi connectivity index (χ1) is 24.6. The first-order valence-corrected chi connectivity index (χ1v) is 17.1. The molecule has 0 radical (unpaired) electrons. The number of benzene rings is 3. The molecule has 3 aromatic carbocycles. The Morgan fingerprint density at radius 3 is 2.10 bits per heavy atom. The fraction of sp³-hybridized carbons (Fsp3) is 0.385. The largest absolute Gasteiger partial charge is 0.493 e. The summed E-state index contributed by atoms with van der Waals surface area (Å²) in [6, 6.07) is 14.5. The molecule has 13 heteroatoms. The Kier molecular flexibility index (Phi) is 9.98. The first-order valence-electron chi connectivity index (χ1n) is 17.1. The molecule has 2 aliphatic rings. The van der Waals surface area contributed by atoms with Crippen molar-refractivity contribution in [3.05, 3.63) is 78.5 Å². The van der Waals surface area contributed by atoms with Gasteiger partial charge in [0.05, 0.1) is 24.5 Å². The number of carbonyl (C=O) groups is 3. The van der Waals surface area contributed by atoms with E-state index in [1.165, 1.54) is 43.5 Å². The van der Waals surface area contributed by atoms with Crippen LogP contribution in [0.2, 0.25) is 0 Å². The number of aromatic nitrogens is 1. The number of rotatable bonds is 9.